The van der Waals surface area contributed by atoms with Gasteiger partial charge >= 0.3 is 0 Å². The highest BCUT2D eigenvalue weighted by atomic mass is 16.3. The molecule has 0 saturated heterocycles. The van der Waals surface area contributed by atoms with Gasteiger partial charge in [-0.2, -0.15) is 0 Å². The van der Waals surface area contributed by atoms with E-state index in [4.69, 9.17) is 0 Å². The molecule has 0 fully saturated rings. The number of hydrogen-bond acceptors (Lipinski definition) is 1. The van der Waals surface area contributed by atoms with Gasteiger partial charge in [-0.05, 0) is 24.2 Å². The van der Waals surface area contributed by atoms with Gasteiger partial charge in [0.1, 0.15) is 0 Å². The number of hydrogen-bond donors (Lipinski definition) is 1. The first-order chi connectivity index (χ1) is 7.25. The van der Waals surface area contributed by atoms with E-state index in [2.05, 4.69) is 33.8 Å². The zero-order valence-electron chi connectivity index (χ0n) is 11.7. The Hall–Kier alpha value is -0.560. The molecule has 0 heterocycles. The molecular formula is C15H28O. The van der Waals surface area contributed by atoms with Crippen LogP contribution in [0.5, 0.6) is 0 Å². The molecule has 0 amide bonds. The molecule has 1 unspecified atom stereocenters. The van der Waals surface area contributed by atoms with Gasteiger partial charge in [0.2, 0.25) is 0 Å². The Labute approximate surface area is 101 Å². The highest BCUT2D eigenvalue weighted by Crippen LogP contribution is 2.26. The SMILES string of the molecule is CCC(O)(C=CC=CC(C)C(C)(C)C)CC. The summed E-state index contributed by atoms with van der Waals surface area (Å²) >= 11 is 0. The largest absolute Gasteiger partial charge is 0.386 e. The van der Waals surface area contributed by atoms with Crippen LogP contribution in [0.4, 0.5) is 0 Å². The average Bonchev–Trinajstić information content (AvgIpc) is 2.22. The Morgan fingerprint density at radius 1 is 1.06 bits per heavy atom. The predicted octanol–water partition coefficient (Wildman–Crippen LogP) is 4.33. The Bertz CT molecular complexity index is 239. The Kier molecular flexibility index (Phi) is 6.02. The van der Waals surface area contributed by atoms with Crippen LogP contribution in [0.15, 0.2) is 24.3 Å². The lowest BCUT2D eigenvalue weighted by atomic mass is 9.82. The number of aliphatic hydroxyl groups is 1. The highest BCUT2D eigenvalue weighted by molar-refractivity contribution is 5.11. The van der Waals surface area contributed by atoms with E-state index in [0.717, 1.165) is 12.8 Å². The molecule has 0 aliphatic carbocycles. The molecule has 1 atom stereocenters. The maximum atomic E-state index is 10.0. The van der Waals surface area contributed by atoms with Crippen LogP contribution >= 0.6 is 0 Å². The van der Waals surface area contributed by atoms with E-state index in [9.17, 15) is 5.11 Å². The summed E-state index contributed by atoms with van der Waals surface area (Å²) in [5.41, 5.74) is -0.328. The van der Waals surface area contributed by atoms with E-state index in [0.29, 0.717) is 11.3 Å². The molecule has 0 spiro atoms. The van der Waals surface area contributed by atoms with Crippen LogP contribution in [0.3, 0.4) is 0 Å². The molecule has 94 valence electrons. The molecule has 0 aromatic carbocycles. The van der Waals surface area contributed by atoms with Crippen molar-refractivity contribution in [1.29, 1.82) is 0 Å². The van der Waals surface area contributed by atoms with Crippen LogP contribution in [-0.2, 0) is 0 Å². The lowest BCUT2D eigenvalue weighted by Gasteiger charge is -2.24. The van der Waals surface area contributed by atoms with Crippen LogP contribution in [0.1, 0.15) is 54.4 Å². The molecule has 0 saturated carbocycles. The predicted molar refractivity (Wildman–Crippen MR) is 72.4 cm³/mol. The maximum Gasteiger partial charge on any atom is 0.0825 e. The summed E-state index contributed by atoms with van der Waals surface area (Å²) in [6, 6.07) is 0. The molecule has 0 aromatic heterocycles. The minimum absolute atomic E-state index is 0.302. The molecule has 0 aromatic rings. The minimum atomic E-state index is -0.630. The Morgan fingerprint density at radius 3 is 1.94 bits per heavy atom. The molecule has 0 bridgehead atoms. The van der Waals surface area contributed by atoms with Crippen molar-refractivity contribution in [2.24, 2.45) is 11.3 Å². The van der Waals surface area contributed by atoms with Crippen molar-refractivity contribution in [3.63, 3.8) is 0 Å². The Balaban J connectivity index is 4.34. The fraction of sp³-hybridized carbons (Fsp3) is 0.733. The van der Waals surface area contributed by atoms with Crippen LogP contribution < -0.4 is 0 Å². The fourth-order valence-electron chi connectivity index (χ4n) is 1.24. The van der Waals surface area contributed by atoms with Gasteiger partial charge in [0.15, 0.2) is 0 Å². The average molecular weight is 224 g/mol. The lowest BCUT2D eigenvalue weighted by Crippen LogP contribution is -2.22. The van der Waals surface area contributed by atoms with E-state index < -0.39 is 5.60 Å². The second-order valence-corrected chi connectivity index (χ2v) is 5.71. The summed E-state index contributed by atoms with van der Waals surface area (Å²) in [6.45, 7) is 12.9. The smallest absolute Gasteiger partial charge is 0.0825 e. The quantitative estimate of drug-likeness (QED) is 0.689. The van der Waals surface area contributed by atoms with Gasteiger partial charge in [-0.15, -0.1) is 0 Å². The molecule has 0 radical (unpaired) electrons. The topological polar surface area (TPSA) is 20.2 Å². The van der Waals surface area contributed by atoms with Crippen molar-refractivity contribution < 1.29 is 5.11 Å². The third kappa shape index (κ3) is 5.50. The summed E-state index contributed by atoms with van der Waals surface area (Å²) in [5, 5.41) is 10.0. The summed E-state index contributed by atoms with van der Waals surface area (Å²) in [6.07, 6.45) is 9.65. The van der Waals surface area contributed by atoms with E-state index in [1.54, 1.807) is 0 Å². The third-order valence-corrected chi connectivity index (χ3v) is 3.51. The molecule has 1 heteroatoms. The molecule has 16 heavy (non-hydrogen) atoms. The molecule has 1 nitrogen and oxygen atoms in total. The van der Waals surface area contributed by atoms with Crippen molar-refractivity contribution in [2.75, 3.05) is 0 Å². The maximum absolute atomic E-state index is 10.0. The van der Waals surface area contributed by atoms with Crippen molar-refractivity contribution in [1.82, 2.24) is 0 Å². The van der Waals surface area contributed by atoms with Gasteiger partial charge in [0, 0.05) is 0 Å². The monoisotopic (exact) mass is 224 g/mol. The Morgan fingerprint density at radius 2 is 1.56 bits per heavy atom. The standard InChI is InChI=1S/C15H28O/c1-7-15(16,8-2)12-10-9-11-13(3)14(4,5)6/h9-13,16H,7-8H2,1-6H3. The molecule has 0 rings (SSSR count). The second-order valence-electron chi connectivity index (χ2n) is 5.71. The van der Waals surface area contributed by atoms with Gasteiger partial charge in [0.05, 0.1) is 5.60 Å². The zero-order chi connectivity index (χ0) is 12.8. The van der Waals surface area contributed by atoms with Crippen molar-refractivity contribution in [2.45, 2.75) is 60.0 Å². The highest BCUT2D eigenvalue weighted by Gasteiger charge is 2.18. The normalized spacial score (nSPS) is 16.2. The van der Waals surface area contributed by atoms with Crippen molar-refractivity contribution in [3.05, 3.63) is 24.3 Å². The van der Waals surface area contributed by atoms with Crippen LogP contribution in [0, 0.1) is 11.3 Å². The third-order valence-electron chi connectivity index (χ3n) is 3.51. The van der Waals surface area contributed by atoms with Gasteiger partial charge < -0.3 is 5.11 Å². The van der Waals surface area contributed by atoms with Gasteiger partial charge in [0.25, 0.3) is 0 Å². The zero-order valence-corrected chi connectivity index (χ0v) is 11.7. The van der Waals surface area contributed by atoms with E-state index in [-0.39, 0.29) is 0 Å². The van der Waals surface area contributed by atoms with Crippen LogP contribution in [0.25, 0.3) is 0 Å². The number of rotatable bonds is 5. The van der Waals surface area contributed by atoms with Gasteiger partial charge in [-0.25, -0.2) is 0 Å². The summed E-state index contributed by atoms with van der Waals surface area (Å²) in [7, 11) is 0. The lowest BCUT2D eigenvalue weighted by molar-refractivity contribution is 0.0828. The summed E-state index contributed by atoms with van der Waals surface area (Å²) in [4.78, 5) is 0. The van der Waals surface area contributed by atoms with E-state index in [1.165, 1.54) is 0 Å². The van der Waals surface area contributed by atoms with Crippen LogP contribution in [0.2, 0.25) is 0 Å². The van der Waals surface area contributed by atoms with E-state index >= 15 is 0 Å². The molecule has 0 aliphatic heterocycles. The first-order valence-electron chi connectivity index (χ1n) is 6.33. The second kappa shape index (κ2) is 6.24. The van der Waals surface area contributed by atoms with Crippen molar-refractivity contribution >= 4 is 0 Å². The van der Waals surface area contributed by atoms with Gasteiger partial charge in [-0.3, -0.25) is 0 Å². The van der Waals surface area contributed by atoms with Gasteiger partial charge in [-0.1, -0.05) is 65.8 Å². The summed E-state index contributed by atoms with van der Waals surface area (Å²) < 4.78 is 0. The minimum Gasteiger partial charge on any atom is -0.386 e. The fourth-order valence-corrected chi connectivity index (χ4v) is 1.24. The molecular weight excluding hydrogens is 196 g/mol. The summed E-state index contributed by atoms with van der Waals surface area (Å²) in [5.74, 6) is 0.536. The molecule has 1 N–H and O–H groups in total. The first-order valence-corrected chi connectivity index (χ1v) is 6.33. The van der Waals surface area contributed by atoms with Crippen molar-refractivity contribution in [3.8, 4) is 0 Å². The van der Waals surface area contributed by atoms with Crippen LogP contribution in [-0.4, -0.2) is 10.7 Å². The number of allylic oxidation sites excluding steroid dienone is 3. The first kappa shape index (κ1) is 15.4. The van der Waals surface area contributed by atoms with E-state index in [1.807, 2.05) is 32.1 Å². The molecule has 0 aliphatic rings.